The first-order chi connectivity index (χ1) is 8.41. The SMILES string of the molecule is CCC(O)(CC)CNC(=O)c1ccc(F)c(Br)c1. The summed E-state index contributed by atoms with van der Waals surface area (Å²) in [5, 5.41) is 12.7. The van der Waals surface area contributed by atoms with Gasteiger partial charge >= 0.3 is 0 Å². The molecular formula is C13H17BrFNO2. The molecule has 0 heterocycles. The molecule has 0 aliphatic rings. The maximum atomic E-state index is 13.0. The number of aliphatic hydroxyl groups is 1. The standard InChI is InChI=1S/C13H17BrFNO2/c1-3-13(18,4-2)8-16-12(17)9-5-6-11(15)10(14)7-9/h5-7,18H,3-4,8H2,1-2H3,(H,16,17). The second kappa shape index (κ2) is 6.29. The Labute approximate surface area is 115 Å². The molecule has 0 unspecified atom stereocenters. The molecule has 0 saturated heterocycles. The molecule has 1 rings (SSSR count). The van der Waals surface area contributed by atoms with Gasteiger partial charge in [0.05, 0.1) is 10.1 Å². The maximum absolute atomic E-state index is 13.0. The highest BCUT2D eigenvalue weighted by Gasteiger charge is 2.23. The minimum absolute atomic E-state index is 0.188. The lowest BCUT2D eigenvalue weighted by molar-refractivity contribution is 0.0314. The Kier molecular flexibility index (Phi) is 5.28. The average molecular weight is 318 g/mol. The fourth-order valence-electron chi connectivity index (χ4n) is 1.48. The number of benzene rings is 1. The van der Waals surface area contributed by atoms with Gasteiger partial charge in [-0.3, -0.25) is 4.79 Å². The third kappa shape index (κ3) is 3.78. The molecule has 1 aromatic rings. The number of nitrogens with one attached hydrogen (secondary N) is 1. The molecule has 2 N–H and O–H groups in total. The van der Waals surface area contributed by atoms with Crippen LogP contribution in [0.2, 0.25) is 0 Å². The zero-order chi connectivity index (χ0) is 13.8. The molecule has 0 bridgehead atoms. The second-order valence-corrected chi connectivity index (χ2v) is 5.10. The van der Waals surface area contributed by atoms with Crippen molar-refractivity contribution in [3.8, 4) is 0 Å². The summed E-state index contributed by atoms with van der Waals surface area (Å²) in [5.74, 6) is -0.735. The quantitative estimate of drug-likeness (QED) is 0.877. The molecular weight excluding hydrogens is 301 g/mol. The van der Waals surface area contributed by atoms with E-state index in [-0.39, 0.29) is 16.9 Å². The summed E-state index contributed by atoms with van der Waals surface area (Å²) in [4.78, 5) is 11.8. The van der Waals surface area contributed by atoms with Crippen molar-refractivity contribution < 1.29 is 14.3 Å². The minimum Gasteiger partial charge on any atom is -0.388 e. The predicted molar refractivity (Wildman–Crippen MR) is 72.0 cm³/mol. The molecule has 1 amide bonds. The third-order valence-electron chi connectivity index (χ3n) is 3.08. The normalized spacial score (nSPS) is 11.4. The number of carbonyl (C=O) groups is 1. The van der Waals surface area contributed by atoms with Gasteiger partial charge in [0, 0.05) is 12.1 Å². The molecule has 5 heteroatoms. The zero-order valence-corrected chi connectivity index (χ0v) is 12.1. The molecule has 0 saturated carbocycles. The minimum atomic E-state index is -0.882. The Bertz CT molecular complexity index is 433. The van der Waals surface area contributed by atoms with Gasteiger partial charge < -0.3 is 10.4 Å². The van der Waals surface area contributed by atoms with Crippen LogP contribution in [0.25, 0.3) is 0 Å². The van der Waals surface area contributed by atoms with Gasteiger partial charge in [0.25, 0.3) is 5.91 Å². The number of hydrogen-bond acceptors (Lipinski definition) is 2. The van der Waals surface area contributed by atoms with E-state index in [9.17, 15) is 14.3 Å². The Morgan fingerprint density at radius 2 is 2.06 bits per heavy atom. The summed E-state index contributed by atoms with van der Waals surface area (Å²) in [5.41, 5.74) is -0.523. The van der Waals surface area contributed by atoms with Crippen molar-refractivity contribution in [1.82, 2.24) is 5.32 Å². The molecule has 0 aliphatic carbocycles. The fraction of sp³-hybridized carbons (Fsp3) is 0.462. The summed E-state index contributed by atoms with van der Waals surface area (Å²) in [7, 11) is 0. The highest BCUT2D eigenvalue weighted by Crippen LogP contribution is 2.17. The number of halogens is 2. The Hall–Kier alpha value is -0.940. The first-order valence-corrected chi connectivity index (χ1v) is 6.67. The van der Waals surface area contributed by atoms with Gasteiger partial charge in [-0.05, 0) is 47.0 Å². The van der Waals surface area contributed by atoms with Gasteiger partial charge in [-0.15, -0.1) is 0 Å². The largest absolute Gasteiger partial charge is 0.388 e. The average Bonchev–Trinajstić information content (AvgIpc) is 2.38. The highest BCUT2D eigenvalue weighted by atomic mass is 79.9. The zero-order valence-electron chi connectivity index (χ0n) is 10.5. The summed E-state index contributed by atoms with van der Waals surface area (Å²) in [6, 6.07) is 4.05. The van der Waals surface area contributed by atoms with Crippen molar-refractivity contribution in [1.29, 1.82) is 0 Å². The van der Waals surface area contributed by atoms with Crippen LogP contribution in [0, 0.1) is 5.82 Å². The molecule has 0 spiro atoms. The van der Waals surface area contributed by atoms with E-state index >= 15 is 0 Å². The molecule has 18 heavy (non-hydrogen) atoms. The van der Waals surface area contributed by atoms with Gasteiger partial charge in [-0.25, -0.2) is 4.39 Å². The van der Waals surface area contributed by atoms with Crippen molar-refractivity contribution in [3.05, 3.63) is 34.1 Å². The first kappa shape index (κ1) is 15.1. The van der Waals surface area contributed by atoms with E-state index in [1.807, 2.05) is 13.8 Å². The van der Waals surface area contributed by atoms with Crippen LogP contribution < -0.4 is 5.32 Å². The highest BCUT2D eigenvalue weighted by molar-refractivity contribution is 9.10. The molecule has 0 aliphatic heterocycles. The Morgan fingerprint density at radius 1 is 1.44 bits per heavy atom. The van der Waals surface area contributed by atoms with Crippen molar-refractivity contribution in [2.45, 2.75) is 32.3 Å². The van der Waals surface area contributed by atoms with Crippen LogP contribution in [-0.4, -0.2) is 23.2 Å². The Morgan fingerprint density at radius 3 is 2.56 bits per heavy atom. The van der Waals surface area contributed by atoms with Crippen molar-refractivity contribution in [3.63, 3.8) is 0 Å². The third-order valence-corrected chi connectivity index (χ3v) is 3.68. The van der Waals surface area contributed by atoms with Crippen LogP contribution in [-0.2, 0) is 0 Å². The smallest absolute Gasteiger partial charge is 0.251 e. The van der Waals surface area contributed by atoms with Crippen LogP contribution in [0.3, 0.4) is 0 Å². The van der Waals surface area contributed by atoms with Crippen molar-refractivity contribution in [2.75, 3.05) is 6.54 Å². The van der Waals surface area contributed by atoms with E-state index < -0.39 is 11.4 Å². The topological polar surface area (TPSA) is 49.3 Å². The van der Waals surface area contributed by atoms with Gasteiger partial charge in [-0.1, -0.05) is 13.8 Å². The van der Waals surface area contributed by atoms with E-state index in [1.165, 1.54) is 18.2 Å². The van der Waals surface area contributed by atoms with Gasteiger partial charge in [0.2, 0.25) is 0 Å². The molecule has 100 valence electrons. The first-order valence-electron chi connectivity index (χ1n) is 5.87. The van der Waals surface area contributed by atoms with Gasteiger partial charge in [0.1, 0.15) is 5.82 Å². The molecule has 3 nitrogen and oxygen atoms in total. The van der Waals surface area contributed by atoms with Crippen LogP contribution in [0.15, 0.2) is 22.7 Å². The van der Waals surface area contributed by atoms with E-state index in [1.54, 1.807) is 0 Å². The van der Waals surface area contributed by atoms with Crippen LogP contribution in [0.1, 0.15) is 37.0 Å². The lowest BCUT2D eigenvalue weighted by atomic mass is 9.97. The van der Waals surface area contributed by atoms with Gasteiger partial charge in [0.15, 0.2) is 0 Å². The second-order valence-electron chi connectivity index (χ2n) is 4.24. The number of carbonyl (C=O) groups excluding carboxylic acids is 1. The van der Waals surface area contributed by atoms with E-state index in [4.69, 9.17) is 0 Å². The lowest BCUT2D eigenvalue weighted by Crippen LogP contribution is -2.42. The predicted octanol–water partition coefficient (Wildman–Crippen LogP) is 2.87. The molecule has 1 aromatic carbocycles. The molecule has 0 atom stereocenters. The summed E-state index contributed by atoms with van der Waals surface area (Å²) < 4.78 is 13.3. The summed E-state index contributed by atoms with van der Waals surface area (Å²) in [6.07, 6.45) is 1.13. The lowest BCUT2D eigenvalue weighted by Gasteiger charge is -2.25. The van der Waals surface area contributed by atoms with E-state index in [0.29, 0.717) is 18.4 Å². The van der Waals surface area contributed by atoms with Crippen LogP contribution in [0.5, 0.6) is 0 Å². The van der Waals surface area contributed by atoms with Crippen LogP contribution in [0.4, 0.5) is 4.39 Å². The molecule has 0 radical (unpaired) electrons. The van der Waals surface area contributed by atoms with Crippen molar-refractivity contribution in [2.24, 2.45) is 0 Å². The van der Waals surface area contributed by atoms with Gasteiger partial charge in [-0.2, -0.15) is 0 Å². The fourth-order valence-corrected chi connectivity index (χ4v) is 1.86. The molecule has 0 aromatic heterocycles. The summed E-state index contributed by atoms with van der Waals surface area (Å²) >= 11 is 3.03. The number of rotatable bonds is 5. The monoisotopic (exact) mass is 317 g/mol. The maximum Gasteiger partial charge on any atom is 0.251 e. The van der Waals surface area contributed by atoms with E-state index in [0.717, 1.165) is 0 Å². The number of amides is 1. The van der Waals surface area contributed by atoms with Crippen LogP contribution >= 0.6 is 15.9 Å². The van der Waals surface area contributed by atoms with E-state index in [2.05, 4.69) is 21.2 Å². The Balaban J connectivity index is 2.68. The number of hydrogen-bond donors (Lipinski definition) is 2. The van der Waals surface area contributed by atoms with Crippen molar-refractivity contribution >= 4 is 21.8 Å². The molecule has 0 fully saturated rings. The summed E-state index contributed by atoms with van der Waals surface area (Å²) in [6.45, 7) is 3.92.